The van der Waals surface area contributed by atoms with E-state index < -0.39 is 0 Å². The third-order valence-electron chi connectivity index (χ3n) is 2.60. The number of imidazole rings is 1. The van der Waals surface area contributed by atoms with Gasteiger partial charge in [0.15, 0.2) is 0 Å². The largest absolute Gasteiger partial charge is 0.325 e. The van der Waals surface area contributed by atoms with Crippen molar-refractivity contribution in [3.8, 4) is 0 Å². The van der Waals surface area contributed by atoms with E-state index in [-0.39, 0.29) is 0 Å². The van der Waals surface area contributed by atoms with Crippen LogP contribution in [0.3, 0.4) is 0 Å². The monoisotopic (exact) mass is 188 g/mol. The summed E-state index contributed by atoms with van der Waals surface area (Å²) in [7, 11) is 0. The third kappa shape index (κ3) is 1.19. The highest BCUT2D eigenvalue weighted by Gasteiger charge is 2.25. The molecular weight excluding hydrogens is 176 g/mol. The Morgan fingerprint density at radius 3 is 3.00 bits per heavy atom. The molecule has 2 aromatic heterocycles. The lowest BCUT2D eigenvalue weighted by Gasteiger charge is -1.96. The molecule has 2 heterocycles. The van der Waals surface area contributed by atoms with Crippen molar-refractivity contribution in [2.24, 2.45) is 5.73 Å². The van der Waals surface area contributed by atoms with Crippen molar-refractivity contribution in [3.05, 3.63) is 29.8 Å². The molecule has 0 bridgehead atoms. The standard InChI is InChI=1S/C10H12N4/c11-5-8-6-14-4-3-9(7-1-2-7)13-10(14)12-8/h3-4,6-7H,1-2,5,11H2. The van der Waals surface area contributed by atoms with E-state index in [0.717, 1.165) is 11.5 Å². The molecule has 1 aliphatic rings. The molecule has 4 heteroatoms. The van der Waals surface area contributed by atoms with Crippen LogP contribution in [0.4, 0.5) is 0 Å². The zero-order valence-corrected chi connectivity index (χ0v) is 7.85. The molecule has 0 unspecified atom stereocenters. The van der Waals surface area contributed by atoms with Gasteiger partial charge < -0.3 is 5.73 Å². The summed E-state index contributed by atoms with van der Waals surface area (Å²) in [6.45, 7) is 0.474. The first-order valence-electron chi connectivity index (χ1n) is 4.91. The molecule has 0 radical (unpaired) electrons. The molecule has 2 aromatic rings. The quantitative estimate of drug-likeness (QED) is 0.766. The molecule has 0 spiro atoms. The Bertz CT molecular complexity index is 470. The van der Waals surface area contributed by atoms with Crippen molar-refractivity contribution in [2.45, 2.75) is 25.3 Å². The predicted molar refractivity (Wildman–Crippen MR) is 52.9 cm³/mol. The number of hydrogen-bond acceptors (Lipinski definition) is 3. The van der Waals surface area contributed by atoms with E-state index in [9.17, 15) is 0 Å². The maximum atomic E-state index is 5.52. The molecule has 2 N–H and O–H groups in total. The van der Waals surface area contributed by atoms with E-state index in [4.69, 9.17) is 5.73 Å². The highest BCUT2D eigenvalue weighted by Crippen LogP contribution is 2.38. The Morgan fingerprint density at radius 1 is 1.43 bits per heavy atom. The molecule has 0 atom stereocenters. The van der Waals surface area contributed by atoms with Crippen molar-refractivity contribution >= 4 is 5.78 Å². The number of nitrogens with two attached hydrogens (primary N) is 1. The zero-order chi connectivity index (χ0) is 9.54. The van der Waals surface area contributed by atoms with Gasteiger partial charge in [0.25, 0.3) is 0 Å². The van der Waals surface area contributed by atoms with Gasteiger partial charge in [0.2, 0.25) is 5.78 Å². The van der Waals surface area contributed by atoms with E-state index in [2.05, 4.69) is 16.0 Å². The van der Waals surface area contributed by atoms with Crippen LogP contribution in [0.15, 0.2) is 18.5 Å². The molecule has 0 saturated heterocycles. The van der Waals surface area contributed by atoms with Crippen LogP contribution in [-0.2, 0) is 6.54 Å². The van der Waals surface area contributed by atoms with Gasteiger partial charge in [-0.25, -0.2) is 9.97 Å². The van der Waals surface area contributed by atoms with Crippen LogP contribution in [0.25, 0.3) is 5.78 Å². The Morgan fingerprint density at radius 2 is 2.29 bits per heavy atom. The van der Waals surface area contributed by atoms with Crippen LogP contribution in [-0.4, -0.2) is 14.4 Å². The maximum absolute atomic E-state index is 5.52. The number of fused-ring (bicyclic) bond motifs is 1. The van der Waals surface area contributed by atoms with Crippen molar-refractivity contribution < 1.29 is 0 Å². The fourth-order valence-corrected chi connectivity index (χ4v) is 1.64. The molecule has 0 aliphatic heterocycles. The van der Waals surface area contributed by atoms with Crippen LogP contribution in [0.1, 0.15) is 30.1 Å². The van der Waals surface area contributed by atoms with E-state index in [1.807, 2.05) is 16.8 Å². The highest BCUT2D eigenvalue weighted by atomic mass is 15.1. The number of aromatic nitrogens is 3. The molecular formula is C10H12N4. The van der Waals surface area contributed by atoms with Gasteiger partial charge in [-0.05, 0) is 18.9 Å². The Kier molecular flexibility index (Phi) is 1.58. The summed E-state index contributed by atoms with van der Waals surface area (Å²) in [6.07, 6.45) is 6.49. The molecule has 1 fully saturated rings. The van der Waals surface area contributed by atoms with Crippen molar-refractivity contribution in [2.75, 3.05) is 0 Å². The summed E-state index contributed by atoms with van der Waals surface area (Å²) in [5.74, 6) is 1.45. The summed E-state index contributed by atoms with van der Waals surface area (Å²) in [5.41, 5.74) is 7.59. The van der Waals surface area contributed by atoms with Gasteiger partial charge in [-0.15, -0.1) is 0 Å². The summed E-state index contributed by atoms with van der Waals surface area (Å²) in [5, 5.41) is 0. The number of rotatable bonds is 2. The fraction of sp³-hybridized carbons (Fsp3) is 0.400. The first-order valence-corrected chi connectivity index (χ1v) is 4.91. The number of nitrogens with zero attached hydrogens (tertiary/aromatic N) is 3. The molecule has 4 nitrogen and oxygen atoms in total. The lowest BCUT2D eigenvalue weighted by Crippen LogP contribution is -1.95. The van der Waals surface area contributed by atoms with E-state index in [0.29, 0.717) is 12.5 Å². The average Bonchev–Trinajstić information content (AvgIpc) is 2.97. The first-order chi connectivity index (χ1) is 6.86. The molecule has 14 heavy (non-hydrogen) atoms. The predicted octanol–water partition coefficient (Wildman–Crippen LogP) is 1.07. The molecule has 72 valence electrons. The van der Waals surface area contributed by atoms with Crippen molar-refractivity contribution in [1.82, 2.24) is 14.4 Å². The fourth-order valence-electron chi connectivity index (χ4n) is 1.64. The minimum Gasteiger partial charge on any atom is -0.325 e. The zero-order valence-electron chi connectivity index (χ0n) is 7.85. The van der Waals surface area contributed by atoms with E-state index in [1.54, 1.807) is 0 Å². The van der Waals surface area contributed by atoms with Gasteiger partial charge in [-0.3, -0.25) is 4.40 Å². The van der Waals surface area contributed by atoms with Gasteiger partial charge in [0, 0.05) is 30.6 Å². The molecule has 1 aliphatic carbocycles. The van der Waals surface area contributed by atoms with E-state index >= 15 is 0 Å². The second-order valence-electron chi connectivity index (χ2n) is 3.77. The summed E-state index contributed by atoms with van der Waals surface area (Å²) in [4.78, 5) is 8.83. The molecule has 0 aromatic carbocycles. The smallest absolute Gasteiger partial charge is 0.234 e. The van der Waals surface area contributed by atoms with Crippen LogP contribution in [0.5, 0.6) is 0 Å². The van der Waals surface area contributed by atoms with E-state index in [1.165, 1.54) is 18.5 Å². The number of hydrogen-bond donors (Lipinski definition) is 1. The lowest BCUT2D eigenvalue weighted by atomic mass is 10.3. The Hall–Kier alpha value is -1.42. The third-order valence-corrected chi connectivity index (χ3v) is 2.60. The van der Waals surface area contributed by atoms with Crippen LogP contribution >= 0.6 is 0 Å². The van der Waals surface area contributed by atoms with Gasteiger partial charge in [-0.2, -0.15) is 0 Å². The van der Waals surface area contributed by atoms with Crippen LogP contribution < -0.4 is 5.73 Å². The molecule has 0 amide bonds. The maximum Gasteiger partial charge on any atom is 0.234 e. The molecule has 1 saturated carbocycles. The average molecular weight is 188 g/mol. The van der Waals surface area contributed by atoms with Crippen LogP contribution in [0, 0.1) is 0 Å². The second kappa shape index (κ2) is 2.78. The SMILES string of the molecule is NCc1cn2ccc(C3CC3)nc2n1. The summed E-state index contributed by atoms with van der Waals surface area (Å²) >= 11 is 0. The van der Waals surface area contributed by atoms with Gasteiger partial charge >= 0.3 is 0 Å². The minimum absolute atomic E-state index is 0.474. The first kappa shape index (κ1) is 7.94. The second-order valence-corrected chi connectivity index (χ2v) is 3.77. The van der Waals surface area contributed by atoms with Crippen LogP contribution in [0.2, 0.25) is 0 Å². The molecule has 3 rings (SSSR count). The van der Waals surface area contributed by atoms with Crippen molar-refractivity contribution in [1.29, 1.82) is 0 Å². The van der Waals surface area contributed by atoms with Gasteiger partial charge in [0.1, 0.15) is 0 Å². The summed E-state index contributed by atoms with van der Waals surface area (Å²) < 4.78 is 1.92. The summed E-state index contributed by atoms with van der Waals surface area (Å²) in [6, 6.07) is 2.08. The normalized spacial score (nSPS) is 16.4. The minimum atomic E-state index is 0.474. The lowest BCUT2D eigenvalue weighted by molar-refractivity contribution is 0.981. The topological polar surface area (TPSA) is 56.2 Å². The van der Waals surface area contributed by atoms with Crippen molar-refractivity contribution in [3.63, 3.8) is 0 Å². The highest BCUT2D eigenvalue weighted by molar-refractivity contribution is 5.33. The Balaban J connectivity index is 2.12. The van der Waals surface area contributed by atoms with Gasteiger partial charge in [-0.1, -0.05) is 0 Å². The Labute approximate surface area is 81.8 Å². The van der Waals surface area contributed by atoms with Gasteiger partial charge in [0.05, 0.1) is 5.69 Å².